The first kappa shape index (κ1) is 12.8. The Hall–Kier alpha value is -1.22. The van der Waals surface area contributed by atoms with E-state index in [1.54, 1.807) is 19.1 Å². The lowest BCUT2D eigenvalue weighted by Gasteiger charge is -2.10. The number of esters is 1. The van der Waals surface area contributed by atoms with Gasteiger partial charge in [0.2, 0.25) is 0 Å². The van der Waals surface area contributed by atoms with Crippen molar-refractivity contribution in [2.75, 3.05) is 13.2 Å². The van der Waals surface area contributed by atoms with Crippen LogP contribution in [0.25, 0.3) is 0 Å². The third-order valence-electron chi connectivity index (χ3n) is 2.06. The van der Waals surface area contributed by atoms with Crippen LogP contribution in [0.4, 0.5) is 0 Å². The molecule has 0 unspecified atom stereocenters. The van der Waals surface area contributed by atoms with Gasteiger partial charge in [-0.25, -0.2) is 4.79 Å². The molecule has 0 saturated heterocycles. The van der Waals surface area contributed by atoms with Gasteiger partial charge in [-0.2, -0.15) is 0 Å². The number of hydrogen-bond acceptors (Lipinski definition) is 3. The third-order valence-corrected chi connectivity index (χ3v) is 2.37. The Bertz CT molecular complexity index is 388. The Morgan fingerprint density at radius 1 is 1.31 bits per heavy atom. The number of carbonyl (C=O) groups excluding carboxylic acids is 1. The van der Waals surface area contributed by atoms with E-state index in [4.69, 9.17) is 21.1 Å². The molecule has 0 saturated carbocycles. The molecule has 88 valence electrons. The summed E-state index contributed by atoms with van der Waals surface area (Å²) in [6.07, 6.45) is 0. The lowest BCUT2D eigenvalue weighted by Crippen LogP contribution is -2.06. The van der Waals surface area contributed by atoms with Gasteiger partial charge in [-0.05, 0) is 38.5 Å². The molecule has 0 spiro atoms. The second-order valence-electron chi connectivity index (χ2n) is 3.25. The molecule has 16 heavy (non-hydrogen) atoms. The molecule has 0 amide bonds. The second-order valence-corrected chi connectivity index (χ2v) is 3.66. The second kappa shape index (κ2) is 5.75. The fourth-order valence-corrected chi connectivity index (χ4v) is 1.57. The largest absolute Gasteiger partial charge is 0.494 e. The van der Waals surface area contributed by atoms with Crippen LogP contribution < -0.4 is 4.74 Å². The maximum atomic E-state index is 11.5. The molecule has 0 atom stereocenters. The molecule has 0 N–H and O–H groups in total. The van der Waals surface area contributed by atoms with Crippen LogP contribution in [0.2, 0.25) is 5.02 Å². The van der Waals surface area contributed by atoms with Gasteiger partial charge in [0, 0.05) is 0 Å². The zero-order chi connectivity index (χ0) is 12.1. The zero-order valence-corrected chi connectivity index (χ0v) is 10.4. The van der Waals surface area contributed by atoms with Gasteiger partial charge >= 0.3 is 5.97 Å². The van der Waals surface area contributed by atoms with Gasteiger partial charge < -0.3 is 9.47 Å². The monoisotopic (exact) mass is 242 g/mol. The van der Waals surface area contributed by atoms with E-state index >= 15 is 0 Å². The van der Waals surface area contributed by atoms with Crippen molar-refractivity contribution in [3.63, 3.8) is 0 Å². The SMILES string of the molecule is CCOC(=O)c1cc(C)c(OCC)cc1Cl. The number of halogens is 1. The normalized spacial score (nSPS) is 10.0. The molecule has 0 heterocycles. The van der Waals surface area contributed by atoms with E-state index in [0.717, 1.165) is 5.56 Å². The molecule has 1 rings (SSSR count). The van der Waals surface area contributed by atoms with Crippen molar-refractivity contribution < 1.29 is 14.3 Å². The lowest BCUT2D eigenvalue weighted by molar-refractivity contribution is 0.0526. The molecule has 0 fully saturated rings. The lowest BCUT2D eigenvalue weighted by atomic mass is 10.1. The topological polar surface area (TPSA) is 35.5 Å². The number of hydrogen-bond donors (Lipinski definition) is 0. The van der Waals surface area contributed by atoms with Crippen LogP contribution >= 0.6 is 11.6 Å². The third kappa shape index (κ3) is 2.89. The predicted octanol–water partition coefficient (Wildman–Crippen LogP) is 3.22. The van der Waals surface area contributed by atoms with Crippen molar-refractivity contribution in [1.82, 2.24) is 0 Å². The highest BCUT2D eigenvalue weighted by atomic mass is 35.5. The van der Waals surface area contributed by atoms with Gasteiger partial charge in [0.05, 0.1) is 23.8 Å². The van der Waals surface area contributed by atoms with Crippen molar-refractivity contribution >= 4 is 17.6 Å². The molecule has 4 heteroatoms. The average molecular weight is 243 g/mol. The van der Waals surface area contributed by atoms with Gasteiger partial charge in [-0.1, -0.05) is 11.6 Å². The van der Waals surface area contributed by atoms with Gasteiger partial charge in [0.25, 0.3) is 0 Å². The standard InChI is InChI=1S/C12H15ClO3/c1-4-15-11-7-10(13)9(6-8(11)3)12(14)16-5-2/h6-7H,4-5H2,1-3H3. The Labute approximate surface area is 100 Å². The summed E-state index contributed by atoms with van der Waals surface area (Å²) in [6.45, 7) is 6.42. The van der Waals surface area contributed by atoms with Crippen LogP contribution in [0.15, 0.2) is 12.1 Å². The van der Waals surface area contributed by atoms with E-state index in [1.807, 2.05) is 13.8 Å². The summed E-state index contributed by atoms with van der Waals surface area (Å²) in [7, 11) is 0. The number of benzene rings is 1. The molecular weight excluding hydrogens is 228 g/mol. The summed E-state index contributed by atoms with van der Waals surface area (Å²) in [4.78, 5) is 11.5. The first-order valence-electron chi connectivity index (χ1n) is 5.20. The molecule has 1 aromatic carbocycles. The molecule has 0 radical (unpaired) electrons. The summed E-state index contributed by atoms with van der Waals surface area (Å²) < 4.78 is 10.3. The van der Waals surface area contributed by atoms with E-state index < -0.39 is 5.97 Å². The van der Waals surface area contributed by atoms with E-state index in [2.05, 4.69) is 0 Å². The Kier molecular flexibility index (Phi) is 4.62. The van der Waals surface area contributed by atoms with Gasteiger partial charge in [-0.3, -0.25) is 0 Å². The highest BCUT2D eigenvalue weighted by Crippen LogP contribution is 2.27. The summed E-state index contributed by atoms with van der Waals surface area (Å²) >= 11 is 5.99. The van der Waals surface area contributed by atoms with Crippen molar-refractivity contribution in [2.24, 2.45) is 0 Å². The highest BCUT2D eigenvalue weighted by molar-refractivity contribution is 6.33. The van der Waals surface area contributed by atoms with Gasteiger partial charge in [0.1, 0.15) is 5.75 Å². The first-order valence-corrected chi connectivity index (χ1v) is 5.58. The number of aryl methyl sites for hydroxylation is 1. The summed E-state index contributed by atoms with van der Waals surface area (Å²) in [5, 5.41) is 0.354. The quantitative estimate of drug-likeness (QED) is 0.761. The first-order chi connectivity index (χ1) is 7.60. The molecule has 3 nitrogen and oxygen atoms in total. The van der Waals surface area contributed by atoms with Crippen LogP contribution in [0.5, 0.6) is 5.75 Å². The van der Waals surface area contributed by atoms with Crippen molar-refractivity contribution in [3.05, 3.63) is 28.3 Å². The van der Waals surface area contributed by atoms with E-state index in [-0.39, 0.29) is 0 Å². The summed E-state index contributed by atoms with van der Waals surface area (Å²) in [6, 6.07) is 3.33. The Balaban J connectivity index is 3.05. The fraction of sp³-hybridized carbons (Fsp3) is 0.417. The van der Waals surface area contributed by atoms with Crippen molar-refractivity contribution in [3.8, 4) is 5.75 Å². The Morgan fingerprint density at radius 2 is 2.00 bits per heavy atom. The number of rotatable bonds is 4. The molecule has 0 aliphatic carbocycles. The van der Waals surface area contributed by atoms with Gasteiger partial charge in [-0.15, -0.1) is 0 Å². The van der Waals surface area contributed by atoms with Crippen LogP contribution in [0, 0.1) is 6.92 Å². The predicted molar refractivity (Wildman–Crippen MR) is 63.3 cm³/mol. The minimum Gasteiger partial charge on any atom is -0.494 e. The average Bonchev–Trinajstić information content (AvgIpc) is 2.23. The van der Waals surface area contributed by atoms with Crippen molar-refractivity contribution in [2.45, 2.75) is 20.8 Å². The van der Waals surface area contributed by atoms with Crippen LogP contribution in [0.1, 0.15) is 29.8 Å². The van der Waals surface area contributed by atoms with Crippen LogP contribution in [-0.4, -0.2) is 19.2 Å². The minimum absolute atomic E-state index is 0.335. The fourth-order valence-electron chi connectivity index (χ4n) is 1.34. The van der Waals surface area contributed by atoms with Crippen molar-refractivity contribution in [1.29, 1.82) is 0 Å². The molecule has 0 aliphatic rings. The van der Waals surface area contributed by atoms with E-state index in [9.17, 15) is 4.79 Å². The smallest absolute Gasteiger partial charge is 0.339 e. The Morgan fingerprint density at radius 3 is 2.56 bits per heavy atom. The molecule has 0 bridgehead atoms. The van der Waals surface area contributed by atoms with Crippen LogP contribution in [0.3, 0.4) is 0 Å². The molecule has 0 aromatic heterocycles. The molecular formula is C12H15ClO3. The van der Waals surface area contributed by atoms with E-state index in [0.29, 0.717) is 29.5 Å². The minimum atomic E-state index is -0.404. The molecule has 1 aromatic rings. The number of ether oxygens (including phenoxy) is 2. The van der Waals surface area contributed by atoms with Crippen LogP contribution in [-0.2, 0) is 4.74 Å². The maximum Gasteiger partial charge on any atom is 0.339 e. The van der Waals surface area contributed by atoms with Gasteiger partial charge in [0.15, 0.2) is 0 Å². The summed E-state index contributed by atoms with van der Waals surface area (Å²) in [5.74, 6) is 0.291. The summed E-state index contributed by atoms with van der Waals surface area (Å²) in [5.41, 5.74) is 1.25. The zero-order valence-electron chi connectivity index (χ0n) is 9.67. The highest BCUT2D eigenvalue weighted by Gasteiger charge is 2.14. The maximum absolute atomic E-state index is 11.5. The number of carbonyl (C=O) groups is 1. The molecule has 0 aliphatic heterocycles. The van der Waals surface area contributed by atoms with E-state index in [1.165, 1.54) is 0 Å².